The highest BCUT2D eigenvalue weighted by molar-refractivity contribution is 7.92. The number of carbonyl (C=O) groups excluding carboxylic acids is 1. The van der Waals surface area contributed by atoms with E-state index in [0.717, 1.165) is 10.6 Å². The fourth-order valence-electron chi connectivity index (χ4n) is 3.55. The maximum atomic E-state index is 13.0. The van der Waals surface area contributed by atoms with E-state index in [1.807, 2.05) is 0 Å². The van der Waals surface area contributed by atoms with E-state index in [-0.39, 0.29) is 23.2 Å². The van der Waals surface area contributed by atoms with Crippen molar-refractivity contribution < 1.29 is 21.6 Å². The zero-order valence-electron chi connectivity index (χ0n) is 18.2. The van der Waals surface area contributed by atoms with Crippen LogP contribution in [0.4, 0.5) is 11.4 Å². The molecule has 1 aliphatic heterocycles. The first-order valence-corrected chi connectivity index (χ1v) is 14.3. The molecule has 0 aromatic heterocycles. The average molecular weight is 534 g/mol. The van der Waals surface area contributed by atoms with Crippen molar-refractivity contribution in [3.8, 4) is 0 Å². The van der Waals surface area contributed by atoms with Gasteiger partial charge in [0.15, 0.2) is 0 Å². The summed E-state index contributed by atoms with van der Waals surface area (Å²) in [6.45, 7) is 0.383. The Morgan fingerprint density at radius 2 is 1.88 bits per heavy atom. The molecule has 0 bridgehead atoms. The van der Waals surface area contributed by atoms with E-state index in [9.17, 15) is 21.6 Å². The first-order chi connectivity index (χ1) is 15.4. The maximum absolute atomic E-state index is 13.0. The van der Waals surface area contributed by atoms with Crippen LogP contribution in [0.1, 0.15) is 18.4 Å². The van der Waals surface area contributed by atoms with Crippen molar-refractivity contribution in [1.82, 2.24) is 4.31 Å². The van der Waals surface area contributed by atoms with Crippen molar-refractivity contribution in [1.29, 1.82) is 0 Å². The number of benzene rings is 2. The highest BCUT2D eigenvalue weighted by Gasteiger charge is 2.33. The van der Waals surface area contributed by atoms with E-state index in [1.165, 1.54) is 17.4 Å². The zero-order valence-corrected chi connectivity index (χ0v) is 21.3. The Balaban J connectivity index is 1.69. The molecule has 0 saturated carbocycles. The SMILES string of the molecule is CN(c1cccc(NC(=O)[C@H]2CCCN(S(=O)(=O)Cc3ccc(Cl)cc3Cl)C2)c1)S(C)(=O)=O. The molecular weight excluding hydrogens is 509 g/mol. The molecule has 1 saturated heterocycles. The molecule has 0 aliphatic carbocycles. The van der Waals surface area contributed by atoms with Crippen LogP contribution in [0.3, 0.4) is 0 Å². The Bertz CT molecular complexity index is 1250. The lowest BCUT2D eigenvalue weighted by atomic mass is 9.98. The van der Waals surface area contributed by atoms with E-state index in [0.29, 0.717) is 41.3 Å². The molecule has 1 N–H and O–H groups in total. The molecule has 12 heteroatoms. The van der Waals surface area contributed by atoms with Gasteiger partial charge in [0.05, 0.1) is 23.6 Å². The summed E-state index contributed by atoms with van der Waals surface area (Å²) in [5, 5.41) is 3.47. The van der Waals surface area contributed by atoms with Crippen LogP contribution in [0, 0.1) is 5.92 Å². The molecule has 1 fully saturated rings. The number of anilines is 2. The van der Waals surface area contributed by atoms with Crippen molar-refractivity contribution in [3.05, 3.63) is 58.1 Å². The predicted octanol–water partition coefficient (Wildman–Crippen LogP) is 3.57. The number of hydrogen-bond donors (Lipinski definition) is 1. The number of carbonyl (C=O) groups is 1. The summed E-state index contributed by atoms with van der Waals surface area (Å²) in [7, 11) is -5.72. The summed E-state index contributed by atoms with van der Waals surface area (Å²) < 4.78 is 51.9. The largest absolute Gasteiger partial charge is 0.326 e. The molecule has 2 aromatic rings. The van der Waals surface area contributed by atoms with Crippen LogP contribution in [0.15, 0.2) is 42.5 Å². The summed E-state index contributed by atoms with van der Waals surface area (Å²) in [6.07, 6.45) is 2.18. The molecule has 1 amide bonds. The molecule has 2 aromatic carbocycles. The summed E-state index contributed by atoms with van der Waals surface area (Å²) >= 11 is 12.0. The molecule has 0 spiro atoms. The Labute approximate surface area is 204 Å². The molecule has 0 radical (unpaired) electrons. The lowest BCUT2D eigenvalue weighted by molar-refractivity contribution is -0.120. The van der Waals surface area contributed by atoms with E-state index in [2.05, 4.69) is 5.32 Å². The zero-order chi connectivity index (χ0) is 24.4. The Kier molecular flexibility index (Phi) is 7.95. The Hall–Kier alpha value is -1.85. The summed E-state index contributed by atoms with van der Waals surface area (Å²) in [5.41, 5.74) is 1.28. The van der Waals surface area contributed by atoms with Crippen molar-refractivity contribution in [2.75, 3.05) is 36.0 Å². The van der Waals surface area contributed by atoms with Gasteiger partial charge in [0.2, 0.25) is 26.0 Å². The third kappa shape index (κ3) is 6.60. The summed E-state index contributed by atoms with van der Waals surface area (Å²) in [6, 6.07) is 11.1. The van der Waals surface area contributed by atoms with Crippen molar-refractivity contribution in [2.45, 2.75) is 18.6 Å². The van der Waals surface area contributed by atoms with Crippen LogP contribution in [0.25, 0.3) is 0 Å². The third-order valence-corrected chi connectivity index (χ3v) is 9.06. The fourth-order valence-corrected chi connectivity index (χ4v) is 6.24. The first kappa shape index (κ1) is 25.8. The Morgan fingerprint density at radius 3 is 2.55 bits per heavy atom. The number of piperidine rings is 1. The van der Waals surface area contributed by atoms with Crippen LogP contribution in [-0.2, 0) is 30.6 Å². The van der Waals surface area contributed by atoms with E-state index in [1.54, 1.807) is 36.4 Å². The van der Waals surface area contributed by atoms with Gasteiger partial charge in [-0.3, -0.25) is 9.10 Å². The third-order valence-electron chi connectivity index (χ3n) is 5.48. The number of sulfonamides is 2. The van der Waals surface area contributed by atoms with Gasteiger partial charge in [-0.25, -0.2) is 21.1 Å². The van der Waals surface area contributed by atoms with Gasteiger partial charge < -0.3 is 5.32 Å². The number of nitrogens with one attached hydrogen (secondary N) is 1. The minimum absolute atomic E-state index is 0.0578. The summed E-state index contributed by atoms with van der Waals surface area (Å²) in [5.74, 6) is -1.14. The van der Waals surface area contributed by atoms with E-state index >= 15 is 0 Å². The minimum atomic E-state index is -3.69. The number of amides is 1. The molecule has 8 nitrogen and oxygen atoms in total. The lowest BCUT2D eigenvalue weighted by Crippen LogP contribution is -2.44. The van der Waals surface area contributed by atoms with Gasteiger partial charge in [0.25, 0.3) is 0 Å². The van der Waals surface area contributed by atoms with Crippen LogP contribution in [-0.4, -0.2) is 53.4 Å². The van der Waals surface area contributed by atoms with Crippen LogP contribution in [0.5, 0.6) is 0 Å². The number of rotatable bonds is 7. The fraction of sp³-hybridized carbons (Fsp3) is 0.381. The van der Waals surface area contributed by atoms with Gasteiger partial charge in [0, 0.05) is 35.9 Å². The molecule has 0 unspecified atom stereocenters. The quantitative estimate of drug-likeness (QED) is 0.585. The molecule has 3 rings (SSSR count). The normalized spacial score (nSPS) is 17.5. The van der Waals surface area contributed by atoms with Gasteiger partial charge in [0.1, 0.15) is 0 Å². The molecule has 1 atom stereocenters. The lowest BCUT2D eigenvalue weighted by Gasteiger charge is -2.31. The molecular formula is C21H25Cl2N3O5S2. The predicted molar refractivity (Wildman–Crippen MR) is 132 cm³/mol. The molecule has 1 aliphatic rings. The monoisotopic (exact) mass is 533 g/mol. The van der Waals surface area contributed by atoms with Gasteiger partial charge in [-0.2, -0.15) is 0 Å². The van der Waals surface area contributed by atoms with Crippen molar-refractivity contribution in [2.24, 2.45) is 5.92 Å². The van der Waals surface area contributed by atoms with E-state index < -0.39 is 26.0 Å². The highest BCUT2D eigenvalue weighted by atomic mass is 35.5. The second-order valence-electron chi connectivity index (χ2n) is 7.96. The van der Waals surface area contributed by atoms with Gasteiger partial charge in [-0.05, 0) is 48.7 Å². The van der Waals surface area contributed by atoms with Crippen LogP contribution in [0.2, 0.25) is 10.0 Å². The number of halogens is 2. The van der Waals surface area contributed by atoms with Crippen molar-refractivity contribution in [3.63, 3.8) is 0 Å². The molecule has 33 heavy (non-hydrogen) atoms. The second-order valence-corrected chi connectivity index (χ2v) is 12.8. The summed E-state index contributed by atoms with van der Waals surface area (Å²) in [4.78, 5) is 12.9. The van der Waals surface area contributed by atoms with Crippen LogP contribution < -0.4 is 9.62 Å². The van der Waals surface area contributed by atoms with E-state index in [4.69, 9.17) is 23.2 Å². The number of hydrogen-bond acceptors (Lipinski definition) is 5. The molecule has 1 heterocycles. The van der Waals surface area contributed by atoms with Crippen LogP contribution >= 0.6 is 23.2 Å². The number of nitrogens with zero attached hydrogens (tertiary/aromatic N) is 2. The van der Waals surface area contributed by atoms with Crippen molar-refractivity contribution >= 4 is 60.5 Å². The standard InChI is InChI=1S/C21H25Cl2N3O5S2/c1-25(32(2,28)29)19-7-3-6-18(12-19)24-21(27)15-5-4-10-26(13-15)33(30,31)14-16-8-9-17(22)11-20(16)23/h3,6-9,11-12,15H,4-5,10,13-14H2,1-2H3,(H,24,27)/t15-/m0/s1. The van der Waals surface area contributed by atoms with Gasteiger partial charge in [-0.15, -0.1) is 0 Å². The maximum Gasteiger partial charge on any atom is 0.231 e. The Morgan fingerprint density at radius 1 is 1.15 bits per heavy atom. The second kappa shape index (κ2) is 10.2. The first-order valence-electron chi connectivity index (χ1n) is 10.1. The average Bonchev–Trinajstić information content (AvgIpc) is 2.75. The van der Waals surface area contributed by atoms with Gasteiger partial charge >= 0.3 is 0 Å². The highest BCUT2D eigenvalue weighted by Crippen LogP contribution is 2.27. The minimum Gasteiger partial charge on any atom is -0.326 e. The smallest absolute Gasteiger partial charge is 0.231 e. The molecule has 180 valence electrons. The topological polar surface area (TPSA) is 104 Å². The van der Waals surface area contributed by atoms with Gasteiger partial charge in [-0.1, -0.05) is 35.3 Å².